The molecule has 3 heterocycles. The monoisotopic (exact) mass is 491 g/mol. The number of nitrogens with one attached hydrogen (secondary N) is 1. The molecule has 7 heteroatoms. The summed E-state index contributed by atoms with van der Waals surface area (Å²) in [5.41, 5.74) is 4.33. The van der Waals surface area contributed by atoms with E-state index >= 15 is 0 Å². The second kappa shape index (κ2) is 9.21. The number of thiocarbonyl (C=S) groups is 1. The van der Waals surface area contributed by atoms with Crippen LogP contribution >= 0.6 is 35.6 Å². The fraction of sp³-hybridized carbons (Fsp3) is 0.154. The van der Waals surface area contributed by atoms with Gasteiger partial charge in [-0.05, 0) is 97.9 Å². The molecule has 5 rings (SSSR count). The van der Waals surface area contributed by atoms with Crippen LogP contribution in [0, 0.1) is 13.8 Å². The molecule has 4 aromatic rings. The van der Waals surface area contributed by atoms with E-state index in [1.165, 1.54) is 11.1 Å². The largest absolute Gasteiger partial charge is 0.452 e. The smallest absolute Gasteiger partial charge is 0.174 e. The Morgan fingerprint density at radius 1 is 1.00 bits per heavy atom. The zero-order valence-corrected chi connectivity index (χ0v) is 20.5. The van der Waals surface area contributed by atoms with E-state index in [1.54, 1.807) is 18.0 Å². The molecule has 33 heavy (non-hydrogen) atoms. The summed E-state index contributed by atoms with van der Waals surface area (Å²) in [6.45, 7) is 4.20. The van der Waals surface area contributed by atoms with Crippen LogP contribution in [0.3, 0.4) is 0 Å². The van der Waals surface area contributed by atoms with Gasteiger partial charge in [-0.25, -0.2) is 0 Å². The Labute approximate surface area is 208 Å². The maximum atomic E-state index is 6.37. The van der Waals surface area contributed by atoms with Crippen LogP contribution in [0.1, 0.15) is 34.7 Å². The van der Waals surface area contributed by atoms with Gasteiger partial charge in [-0.2, -0.15) is 0 Å². The van der Waals surface area contributed by atoms with Crippen molar-refractivity contribution in [1.82, 2.24) is 10.3 Å². The summed E-state index contributed by atoms with van der Waals surface area (Å²) in [6, 6.07) is 23.9. The Morgan fingerprint density at radius 2 is 1.76 bits per heavy atom. The predicted octanol–water partition coefficient (Wildman–Crippen LogP) is 7.27. The van der Waals surface area contributed by atoms with Crippen LogP contribution in [0.5, 0.6) is 0 Å². The first-order valence-corrected chi connectivity index (χ1v) is 12.2. The minimum Gasteiger partial charge on any atom is -0.452 e. The van der Waals surface area contributed by atoms with E-state index < -0.39 is 0 Å². The van der Waals surface area contributed by atoms with Gasteiger partial charge in [0.15, 0.2) is 10.2 Å². The number of halogens is 1. The molecule has 2 unspecified atom stereocenters. The maximum Gasteiger partial charge on any atom is 0.174 e. The number of rotatable bonds is 5. The molecular formula is C26H22ClN3OS2. The molecule has 1 fully saturated rings. The predicted molar refractivity (Wildman–Crippen MR) is 138 cm³/mol. The Morgan fingerprint density at radius 3 is 2.45 bits per heavy atom. The van der Waals surface area contributed by atoms with Crippen LogP contribution in [0.15, 0.2) is 93.4 Å². The molecule has 2 atom stereocenters. The summed E-state index contributed by atoms with van der Waals surface area (Å²) >= 11 is 13.4. The van der Waals surface area contributed by atoms with E-state index in [2.05, 4.69) is 47.2 Å². The topological polar surface area (TPSA) is 41.3 Å². The molecule has 0 amide bonds. The molecule has 2 aromatic carbocycles. The molecular weight excluding hydrogens is 470 g/mol. The Hall–Kier alpha value is -2.80. The van der Waals surface area contributed by atoms with Gasteiger partial charge in [-0.15, -0.1) is 0 Å². The van der Waals surface area contributed by atoms with Gasteiger partial charge in [0, 0.05) is 21.8 Å². The standard InChI is InChI=1S/C26H22ClN3OS2/c1-16-13-17(2)15-19(14-16)30-25(24(29-26(30)32)21-5-3-4-12-28-21)22-10-11-23(31-22)33-20-8-6-18(27)7-9-20/h3-15,24-25H,1-2H3,(H,29,32). The zero-order valence-electron chi connectivity index (χ0n) is 18.2. The van der Waals surface area contributed by atoms with Crippen LogP contribution < -0.4 is 10.2 Å². The molecule has 1 aliphatic rings. The molecule has 4 nitrogen and oxygen atoms in total. The third-order valence-electron chi connectivity index (χ3n) is 5.51. The Balaban J connectivity index is 1.54. The first kappa shape index (κ1) is 22.0. The van der Waals surface area contributed by atoms with Crippen molar-refractivity contribution in [2.45, 2.75) is 35.9 Å². The van der Waals surface area contributed by atoms with Gasteiger partial charge < -0.3 is 14.6 Å². The summed E-state index contributed by atoms with van der Waals surface area (Å²) in [5.74, 6) is 0.827. The van der Waals surface area contributed by atoms with Crippen LogP contribution in [-0.2, 0) is 0 Å². The third kappa shape index (κ3) is 4.64. The lowest BCUT2D eigenvalue weighted by Gasteiger charge is -2.26. The third-order valence-corrected chi connectivity index (χ3v) is 7.00. The van der Waals surface area contributed by atoms with Gasteiger partial charge in [0.2, 0.25) is 0 Å². The number of pyridine rings is 1. The fourth-order valence-corrected chi connectivity index (χ4v) is 5.43. The van der Waals surface area contributed by atoms with Crippen molar-refractivity contribution in [2.75, 3.05) is 4.90 Å². The summed E-state index contributed by atoms with van der Waals surface area (Å²) in [6.07, 6.45) is 1.81. The SMILES string of the molecule is Cc1cc(C)cc(N2C(=S)NC(c3ccccn3)C2c2ccc(Sc3ccc(Cl)cc3)o2)c1. The number of aromatic nitrogens is 1. The highest BCUT2D eigenvalue weighted by atomic mass is 35.5. The first-order valence-electron chi connectivity index (χ1n) is 10.6. The minimum absolute atomic E-state index is 0.140. The Bertz CT molecular complexity index is 1270. The number of hydrogen-bond acceptors (Lipinski definition) is 4. The number of furan rings is 1. The van der Waals surface area contributed by atoms with Crippen molar-refractivity contribution < 1.29 is 4.42 Å². The second-order valence-electron chi connectivity index (χ2n) is 8.06. The second-order valence-corrected chi connectivity index (χ2v) is 9.96. The van der Waals surface area contributed by atoms with Crippen LogP contribution in [0.25, 0.3) is 0 Å². The average Bonchev–Trinajstić information content (AvgIpc) is 3.39. The van der Waals surface area contributed by atoms with Crippen LogP contribution in [0.2, 0.25) is 5.02 Å². The van der Waals surface area contributed by atoms with Crippen molar-refractivity contribution >= 4 is 46.4 Å². The van der Waals surface area contributed by atoms with Crippen molar-refractivity contribution in [1.29, 1.82) is 0 Å². The van der Waals surface area contributed by atoms with Crippen molar-refractivity contribution in [3.8, 4) is 0 Å². The van der Waals surface area contributed by atoms with Gasteiger partial charge >= 0.3 is 0 Å². The van der Waals surface area contributed by atoms with Gasteiger partial charge in [0.25, 0.3) is 0 Å². The molecule has 0 bridgehead atoms. The van der Waals surface area contributed by atoms with Crippen molar-refractivity contribution in [2.24, 2.45) is 0 Å². The van der Waals surface area contributed by atoms with Crippen LogP contribution in [-0.4, -0.2) is 10.1 Å². The highest BCUT2D eigenvalue weighted by Crippen LogP contribution is 2.43. The van der Waals surface area contributed by atoms with Crippen molar-refractivity contribution in [3.63, 3.8) is 0 Å². The van der Waals surface area contributed by atoms with E-state index in [-0.39, 0.29) is 12.1 Å². The van der Waals surface area contributed by atoms with Gasteiger partial charge in [-0.3, -0.25) is 4.98 Å². The lowest BCUT2D eigenvalue weighted by Crippen LogP contribution is -2.29. The molecule has 2 aromatic heterocycles. The maximum absolute atomic E-state index is 6.37. The minimum atomic E-state index is -0.173. The van der Waals surface area contributed by atoms with E-state index in [0.717, 1.165) is 27.1 Å². The molecule has 0 spiro atoms. The molecule has 0 saturated carbocycles. The normalized spacial score (nSPS) is 17.9. The summed E-state index contributed by atoms with van der Waals surface area (Å²) in [7, 11) is 0. The van der Waals surface area contributed by atoms with E-state index in [9.17, 15) is 0 Å². The lowest BCUT2D eigenvalue weighted by atomic mass is 10.0. The van der Waals surface area contributed by atoms with E-state index in [4.69, 9.17) is 28.2 Å². The van der Waals surface area contributed by atoms with Gasteiger partial charge in [0.05, 0.1) is 11.7 Å². The average molecular weight is 492 g/mol. The van der Waals surface area contributed by atoms with E-state index in [0.29, 0.717) is 10.1 Å². The summed E-state index contributed by atoms with van der Waals surface area (Å²) in [5, 5.41) is 5.67. The number of nitrogens with zero attached hydrogens (tertiary/aromatic N) is 2. The Kier molecular flexibility index (Phi) is 6.15. The molecule has 1 aliphatic heterocycles. The lowest BCUT2D eigenvalue weighted by molar-refractivity contribution is 0.383. The molecule has 166 valence electrons. The van der Waals surface area contributed by atoms with Gasteiger partial charge in [0.1, 0.15) is 11.8 Å². The highest BCUT2D eigenvalue weighted by Gasteiger charge is 2.42. The quantitative estimate of drug-likeness (QED) is 0.296. The molecule has 1 saturated heterocycles. The molecule has 0 radical (unpaired) electrons. The zero-order chi connectivity index (χ0) is 22.9. The highest BCUT2D eigenvalue weighted by molar-refractivity contribution is 7.99. The number of aryl methyl sites for hydroxylation is 2. The van der Waals surface area contributed by atoms with Crippen molar-refractivity contribution in [3.05, 3.63) is 107 Å². The molecule has 1 N–H and O–H groups in total. The fourth-order valence-electron chi connectivity index (χ4n) is 4.18. The summed E-state index contributed by atoms with van der Waals surface area (Å²) in [4.78, 5) is 7.81. The van der Waals surface area contributed by atoms with Crippen LogP contribution in [0.4, 0.5) is 5.69 Å². The first-order chi connectivity index (χ1) is 16.0. The number of anilines is 1. The number of benzene rings is 2. The molecule has 0 aliphatic carbocycles. The summed E-state index contributed by atoms with van der Waals surface area (Å²) < 4.78 is 6.37. The van der Waals surface area contributed by atoms with Gasteiger partial charge in [-0.1, -0.05) is 35.5 Å². The number of hydrogen-bond donors (Lipinski definition) is 1. The van der Waals surface area contributed by atoms with E-state index in [1.807, 2.05) is 54.6 Å².